The largest absolute Gasteiger partial charge is 0.383 e. The number of methoxy groups -OCH3 is 1. The summed E-state index contributed by atoms with van der Waals surface area (Å²) in [6.07, 6.45) is 10.2. The smallest absolute Gasteiger partial charge is 0.0951 e. The van der Waals surface area contributed by atoms with Crippen molar-refractivity contribution in [2.45, 2.75) is 58.5 Å². The second-order valence-corrected chi connectivity index (χ2v) is 5.05. The van der Waals surface area contributed by atoms with E-state index in [0.717, 1.165) is 19.7 Å². The molecule has 0 aromatic carbocycles. The zero-order chi connectivity index (χ0) is 13.9. The quantitative estimate of drug-likeness (QED) is 0.626. The zero-order valence-electron chi connectivity index (χ0n) is 12.7. The number of aromatic nitrogens is 2. The van der Waals surface area contributed by atoms with Crippen molar-refractivity contribution in [1.29, 1.82) is 0 Å². The second-order valence-electron chi connectivity index (χ2n) is 5.05. The van der Waals surface area contributed by atoms with Crippen LogP contribution in [0.25, 0.3) is 0 Å². The zero-order valence-corrected chi connectivity index (χ0v) is 12.7. The van der Waals surface area contributed by atoms with Crippen molar-refractivity contribution in [2.24, 2.45) is 0 Å². The molecule has 0 radical (unpaired) electrons. The molecule has 1 aromatic heterocycles. The molecule has 110 valence electrons. The molecule has 0 fully saturated rings. The van der Waals surface area contributed by atoms with Gasteiger partial charge in [-0.3, -0.25) is 0 Å². The number of nitrogens with one attached hydrogen (secondary N) is 1. The molecular formula is C15H29N3O. The molecule has 0 aliphatic heterocycles. The Morgan fingerprint density at radius 2 is 2.16 bits per heavy atom. The van der Waals surface area contributed by atoms with Crippen molar-refractivity contribution in [3.8, 4) is 0 Å². The lowest BCUT2D eigenvalue weighted by molar-refractivity contribution is 0.199. The van der Waals surface area contributed by atoms with E-state index in [2.05, 4.69) is 28.7 Å². The lowest BCUT2D eigenvalue weighted by atomic mass is 10.0. The molecule has 0 aliphatic rings. The summed E-state index contributed by atoms with van der Waals surface area (Å²) in [5.74, 6) is 0. The topological polar surface area (TPSA) is 39.1 Å². The van der Waals surface area contributed by atoms with Crippen molar-refractivity contribution in [3.63, 3.8) is 0 Å². The maximum absolute atomic E-state index is 5.05. The lowest BCUT2D eigenvalue weighted by Gasteiger charge is -2.20. The standard InChI is InChI=1S/C15H29N3O/c1-4-6-8-14(7-5-2)18-13-17-12-15(18)11-16-9-10-19-3/h12-14,16H,4-11H2,1-3H3. The number of hydrogen-bond acceptors (Lipinski definition) is 3. The molecule has 1 aromatic rings. The Labute approximate surface area is 117 Å². The summed E-state index contributed by atoms with van der Waals surface area (Å²) in [5.41, 5.74) is 1.28. The van der Waals surface area contributed by atoms with Gasteiger partial charge in [0.2, 0.25) is 0 Å². The Kier molecular flexibility index (Phi) is 8.50. The third-order valence-corrected chi connectivity index (χ3v) is 3.44. The Balaban J connectivity index is 2.55. The summed E-state index contributed by atoms with van der Waals surface area (Å²) in [6, 6.07) is 0.603. The van der Waals surface area contributed by atoms with Gasteiger partial charge in [-0.2, -0.15) is 0 Å². The average molecular weight is 267 g/mol. The first kappa shape index (κ1) is 16.2. The fraction of sp³-hybridized carbons (Fsp3) is 0.800. The molecule has 0 saturated heterocycles. The number of unbranched alkanes of at least 4 members (excludes halogenated alkanes) is 1. The summed E-state index contributed by atoms with van der Waals surface area (Å²) >= 11 is 0. The van der Waals surface area contributed by atoms with E-state index in [-0.39, 0.29) is 0 Å². The van der Waals surface area contributed by atoms with Gasteiger partial charge in [0.15, 0.2) is 0 Å². The van der Waals surface area contributed by atoms with Crippen molar-refractivity contribution >= 4 is 0 Å². The van der Waals surface area contributed by atoms with Crippen molar-refractivity contribution in [3.05, 3.63) is 18.2 Å². The van der Waals surface area contributed by atoms with Gasteiger partial charge in [-0.1, -0.05) is 33.1 Å². The van der Waals surface area contributed by atoms with Crippen LogP contribution >= 0.6 is 0 Å². The summed E-state index contributed by atoms with van der Waals surface area (Å²) in [4.78, 5) is 4.32. The van der Waals surface area contributed by atoms with E-state index in [0.29, 0.717) is 6.04 Å². The first-order chi connectivity index (χ1) is 9.33. The van der Waals surface area contributed by atoms with E-state index in [1.54, 1.807) is 7.11 Å². The van der Waals surface area contributed by atoms with Gasteiger partial charge >= 0.3 is 0 Å². The van der Waals surface area contributed by atoms with Gasteiger partial charge in [0.05, 0.1) is 18.6 Å². The summed E-state index contributed by atoms with van der Waals surface area (Å²) in [5, 5.41) is 3.40. The lowest BCUT2D eigenvalue weighted by Crippen LogP contribution is -2.21. The van der Waals surface area contributed by atoms with Crippen LogP contribution in [0.2, 0.25) is 0 Å². The first-order valence-corrected chi connectivity index (χ1v) is 7.53. The molecule has 19 heavy (non-hydrogen) atoms. The van der Waals surface area contributed by atoms with E-state index in [1.165, 1.54) is 37.8 Å². The Morgan fingerprint density at radius 1 is 1.32 bits per heavy atom. The normalized spacial score (nSPS) is 12.8. The molecule has 1 atom stereocenters. The Morgan fingerprint density at radius 3 is 2.84 bits per heavy atom. The minimum Gasteiger partial charge on any atom is -0.383 e. The number of hydrogen-bond donors (Lipinski definition) is 1. The molecule has 0 spiro atoms. The summed E-state index contributed by atoms with van der Waals surface area (Å²) in [6.45, 7) is 7.02. The predicted molar refractivity (Wildman–Crippen MR) is 79.3 cm³/mol. The molecular weight excluding hydrogens is 238 g/mol. The highest BCUT2D eigenvalue weighted by molar-refractivity contribution is 5.00. The van der Waals surface area contributed by atoms with E-state index in [1.807, 2.05) is 12.5 Å². The molecule has 1 rings (SSSR count). The van der Waals surface area contributed by atoms with E-state index < -0.39 is 0 Å². The van der Waals surface area contributed by atoms with Gasteiger partial charge in [-0.15, -0.1) is 0 Å². The van der Waals surface area contributed by atoms with Crippen LogP contribution in [-0.4, -0.2) is 29.8 Å². The minimum atomic E-state index is 0.603. The molecule has 0 aliphatic carbocycles. The number of rotatable bonds is 11. The minimum absolute atomic E-state index is 0.603. The monoisotopic (exact) mass is 267 g/mol. The van der Waals surface area contributed by atoms with Gasteiger partial charge in [0, 0.05) is 32.4 Å². The van der Waals surface area contributed by atoms with Gasteiger partial charge in [-0.05, 0) is 12.8 Å². The molecule has 1 heterocycles. The summed E-state index contributed by atoms with van der Waals surface area (Å²) < 4.78 is 7.41. The highest BCUT2D eigenvalue weighted by Crippen LogP contribution is 2.22. The van der Waals surface area contributed by atoms with Crippen LogP contribution in [0.1, 0.15) is 57.7 Å². The highest BCUT2D eigenvalue weighted by Gasteiger charge is 2.12. The van der Waals surface area contributed by atoms with Crippen LogP contribution < -0.4 is 5.32 Å². The maximum atomic E-state index is 5.05. The van der Waals surface area contributed by atoms with Crippen LogP contribution in [-0.2, 0) is 11.3 Å². The van der Waals surface area contributed by atoms with Gasteiger partial charge in [0.25, 0.3) is 0 Å². The number of nitrogens with zero attached hydrogens (tertiary/aromatic N) is 2. The van der Waals surface area contributed by atoms with Crippen LogP contribution in [0.3, 0.4) is 0 Å². The van der Waals surface area contributed by atoms with Gasteiger partial charge in [0.1, 0.15) is 0 Å². The molecule has 0 amide bonds. The molecule has 0 saturated carbocycles. The van der Waals surface area contributed by atoms with Crippen molar-refractivity contribution < 1.29 is 4.74 Å². The fourth-order valence-corrected chi connectivity index (χ4v) is 2.38. The van der Waals surface area contributed by atoms with Crippen LogP contribution in [0.4, 0.5) is 0 Å². The van der Waals surface area contributed by atoms with Crippen LogP contribution in [0.5, 0.6) is 0 Å². The van der Waals surface area contributed by atoms with E-state index >= 15 is 0 Å². The second kappa shape index (κ2) is 9.98. The SMILES string of the molecule is CCCCC(CCC)n1cncc1CNCCOC. The third-order valence-electron chi connectivity index (χ3n) is 3.44. The predicted octanol–water partition coefficient (Wildman–Crippen LogP) is 3.15. The Bertz CT molecular complexity index is 325. The molecule has 1 unspecified atom stereocenters. The maximum Gasteiger partial charge on any atom is 0.0951 e. The fourth-order valence-electron chi connectivity index (χ4n) is 2.38. The number of imidazole rings is 1. The van der Waals surface area contributed by atoms with Gasteiger partial charge < -0.3 is 14.6 Å². The first-order valence-electron chi connectivity index (χ1n) is 7.53. The van der Waals surface area contributed by atoms with E-state index in [4.69, 9.17) is 4.74 Å². The third kappa shape index (κ3) is 5.74. The van der Waals surface area contributed by atoms with Crippen molar-refractivity contribution in [1.82, 2.24) is 14.9 Å². The Hall–Kier alpha value is -0.870. The molecule has 4 heteroatoms. The van der Waals surface area contributed by atoms with Crippen LogP contribution in [0.15, 0.2) is 12.5 Å². The number of ether oxygens (including phenoxy) is 1. The van der Waals surface area contributed by atoms with Crippen LogP contribution in [0, 0.1) is 0 Å². The molecule has 0 bridgehead atoms. The van der Waals surface area contributed by atoms with E-state index in [9.17, 15) is 0 Å². The highest BCUT2D eigenvalue weighted by atomic mass is 16.5. The summed E-state index contributed by atoms with van der Waals surface area (Å²) in [7, 11) is 1.73. The molecule has 1 N–H and O–H groups in total. The molecule has 4 nitrogen and oxygen atoms in total. The van der Waals surface area contributed by atoms with Gasteiger partial charge in [-0.25, -0.2) is 4.98 Å². The average Bonchev–Trinajstić information content (AvgIpc) is 2.88. The van der Waals surface area contributed by atoms with Crippen molar-refractivity contribution in [2.75, 3.05) is 20.3 Å².